The molecule has 5 rings (SSSR count). The quantitative estimate of drug-likeness (QED) is 0.619. The van der Waals surface area contributed by atoms with Gasteiger partial charge in [0.1, 0.15) is 11.7 Å². The van der Waals surface area contributed by atoms with E-state index in [-0.39, 0.29) is 46.2 Å². The Hall–Kier alpha value is -1.65. The van der Waals surface area contributed by atoms with Gasteiger partial charge in [-0.05, 0) is 68.3 Å². The van der Waals surface area contributed by atoms with Crippen molar-refractivity contribution in [2.75, 3.05) is 0 Å². The molecule has 0 unspecified atom stereocenters. The van der Waals surface area contributed by atoms with Gasteiger partial charge in [0.15, 0.2) is 5.78 Å². The molecule has 1 aliphatic heterocycles. The second kappa shape index (κ2) is 6.18. The highest BCUT2D eigenvalue weighted by Gasteiger charge is 2.68. The van der Waals surface area contributed by atoms with Gasteiger partial charge in [0.05, 0.1) is 0 Å². The van der Waals surface area contributed by atoms with Crippen LogP contribution in [0, 0.1) is 28.6 Å². The van der Waals surface area contributed by atoms with Crippen molar-refractivity contribution in [2.45, 2.75) is 90.3 Å². The molecular formula is C24H32O5. The van der Waals surface area contributed by atoms with Gasteiger partial charge in [-0.25, -0.2) is 0 Å². The summed E-state index contributed by atoms with van der Waals surface area (Å²) < 4.78 is 11.4. The zero-order valence-corrected chi connectivity index (χ0v) is 17.8. The lowest BCUT2D eigenvalue weighted by atomic mass is 9.46. The average Bonchev–Trinajstić information content (AvgIpc) is 3.17. The molecule has 5 heteroatoms. The molecule has 3 saturated carbocycles. The lowest BCUT2D eigenvalue weighted by Crippen LogP contribution is -2.56. The summed E-state index contributed by atoms with van der Waals surface area (Å²) in [7, 11) is 0. The molecule has 4 aliphatic carbocycles. The van der Waals surface area contributed by atoms with Crippen LogP contribution >= 0.6 is 0 Å². The van der Waals surface area contributed by atoms with Crippen LogP contribution in [0.5, 0.6) is 0 Å². The first-order valence-corrected chi connectivity index (χ1v) is 11.3. The Morgan fingerprint density at radius 1 is 1.07 bits per heavy atom. The maximum atomic E-state index is 13.4. The van der Waals surface area contributed by atoms with E-state index in [0.717, 1.165) is 44.9 Å². The number of esters is 2. The van der Waals surface area contributed by atoms with Gasteiger partial charge < -0.3 is 9.47 Å². The lowest BCUT2D eigenvalue weighted by Gasteiger charge is -2.58. The van der Waals surface area contributed by atoms with Crippen LogP contribution in [0.2, 0.25) is 0 Å². The highest BCUT2D eigenvalue weighted by atomic mass is 16.6. The van der Waals surface area contributed by atoms with E-state index in [1.165, 1.54) is 12.5 Å². The molecule has 0 bridgehead atoms. The molecule has 0 N–H and O–H groups in total. The summed E-state index contributed by atoms with van der Waals surface area (Å²) in [6.07, 6.45) is 9.56. The maximum absolute atomic E-state index is 13.4. The molecule has 0 aromatic heterocycles. The molecule has 0 aromatic carbocycles. The Bertz CT molecular complexity index is 814. The molecule has 5 aliphatic rings. The van der Waals surface area contributed by atoms with Crippen LogP contribution < -0.4 is 0 Å². The van der Waals surface area contributed by atoms with Crippen LogP contribution in [-0.2, 0) is 23.9 Å². The van der Waals surface area contributed by atoms with Crippen LogP contribution in [0.1, 0.15) is 78.6 Å². The third-order valence-corrected chi connectivity index (χ3v) is 9.57. The van der Waals surface area contributed by atoms with E-state index in [9.17, 15) is 14.4 Å². The highest BCUT2D eigenvalue weighted by Crippen LogP contribution is 2.68. The van der Waals surface area contributed by atoms with Crippen molar-refractivity contribution in [2.24, 2.45) is 28.6 Å². The second-order valence-electron chi connectivity index (χ2n) is 10.7. The normalized spacial score (nSPS) is 48.4. The van der Waals surface area contributed by atoms with Gasteiger partial charge in [-0.1, -0.05) is 19.4 Å². The van der Waals surface area contributed by atoms with Crippen molar-refractivity contribution in [3.8, 4) is 0 Å². The maximum Gasteiger partial charge on any atom is 0.306 e. The fourth-order valence-corrected chi connectivity index (χ4v) is 8.00. The molecule has 0 radical (unpaired) electrons. The van der Waals surface area contributed by atoms with Gasteiger partial charge in [-0.3, -0.25) is 14.4 Å². The summed E-state index contributed by atoms with van der Waals surface area (Å²) in [5.41, 5.74) is 0.758. The molecule has 1 spiro atoms. The second-order valence-corrected chi connectivity index (χ2v) is 10.7. The monoisotopic (exact) mass is 400 g/mol. The number of hydrogen-bond donors (Lipinski definition) is 0. The fourth-order valence-electron chi connectivity index (χ4n) is 8.00. The SMILES string of the molecule is CC(=O)O[C@H]1CC[C@@]2(C)C(=CC(=O)[C@@H]3[C@@H]2CC[C@@]2(C)[C@H]3CC[C@@]23CCC(=O)O3)C1. The van der Waals surface area contributed by atoms with E-state index < -0.39 is 0 Å². The molecule has 158 valence electrons. The number of ether oxygens (including phenoxy) is 2. The molecule has 5 nitrogen and oxygen atoms in total. The van der Waals surface area contributed by atoms with Crippen molar-refractivity contribution >= 4 is 17.7 Å². The largest absolute Gasteiger partial charge is 0.462 e. The minimum absolute atomic E-state index is 0.0126. The number of carbonyl (C=O) groups excluding carboxylic acids is 3. The van der Waals surface area contributed by atoms with Crippen molar-refractivity contribution < 1.29 is 23.9 Å². The highest BCUT2D eigenvalue weighted by molar-refractivity contribution is 5.94. The van der Waals surface area contributed by atoms with Crippen LogP contribution in [0.25, 0.3) is 0 Å². The van der Waals surface area contributed by atoms with E-state index in [2.05, 4.69) is 13.8 Å². The number of allylic oxidation sites excluding steroid dienone is 1. The van der Waals surface area contributed by atoms with Gasteiger partial charge in [0.25, 0.3) is 0 Å². The Labute approximate surface area is 172 Å². The lowest BCUT2D eigenvalue weighted by molar-refractivity contribution is -0.168. The van der Waals surface area contributed by atoms with Crippen LogP contribution in [0.4, 0.5) is 0 Å². The number of hydrogen-bond acceptors (Lipinski definition) is 5. The first kappa shape index (κ1) is 19.3. The Morgan fingerprint density at radius 2 is 1.83 bits per heavy atom. The fraction of sp³-hybridized carbons (Fsp3) is 0.792. The molecule has 7 atom stereocenters. The summed E-state index contributed by atoms with van der Waals surface area (Å²) >= 11 is 0. The minimum atomic E-state index is -0.349. The standard InChI is InChI=1S/C24H32O5/c1-14(25)28-16-4-8-22(2)15(12-16)13-19(26)21-17(22)5-9-23(3)18(21)6-10-24(23)11-7-20(27)29-24/h13,16-18,21H,4-12H2,1-3H3/t16-,17-,18-,21+,22-,23-,24+/m0/s1. The van der Waals surface area contributed by atoms with Gasteiger partial charge in [-0.15, -0.1) is 0 Å². The molecule has 4 fully saturated rings. The van der Waals surface area contributed by atoms with E-state index in [4.69, 9.17) is 9.47 Å². The van der Waals surface area contributed by atoms with Crippen LogP contribution in [-0.4, -0.2) is 29.4 Å². The van der Waals surface area contributed by atoms with E-state index in [0.29, 0.717) is 24.7 Å². The molecule has 1 saturated heterocycles. The number of rotatable bonds is 1. The van der Waals surface area contributed by atoms with Gasteiger partial charge in [0, 0.05) is 31.1 Å². The number of fused-ring (bicyclic) bond motifs is 6. The summed E-state index contributed by atoms with van der Waals surface area (Å²) in [5.74, 6) is 0.616. The van der Waals surface area contributed by atoms with Gasteiger partial charge in [-0.2, -0.15) is 0 Å². The summed E-state index contributed by atoms with van der Waals surface area (Å²) in [6, 6.07) is 0. The zero-order valence-electron chi connectivity index (χ0n) is 17.8. The molecule has 0 amide bonds. The van der Waals surface area contributed by atoms with Crippen molar-refractivity contribution in [3.05, 3.63) is 11.6 Å². The summed E-state index contributed by atoms with van der Waals surface area (Å²) in [4.78, 5) is 36.8. The Morgan fingerprint density at radius 3 is 2.52 bits per heavy atom. The molecular weight excluding hydrogens is 368 g/mol. The van der Waals surface area contributed by atoms with Crippen molar-refractivity contribution in [1.29, 1.82) is 0 Å². The molecule has 0 aromatic rings. The van der Waals surface area contributed by atoms with Crippen molar-refractivity contribution in [3.63, 3.8) is 0 Å². The van der Waals surface area contributed by atoms with E-state index in [1.807, 2.05) is 6.08 Å². The minimum Gasteiger partial charge on any atom is -0.462 e. The topological polar surface area (TPSA) is 69.7 Å². The van der Waals surface area contributed by atoms with Crippen LogP contribution in [0.3, 0.4) is 0 Å². The smallest absolute Gasteiger partial charge is 0.306 e. The number of carbonyl (C=O) groups is 3. The van der Waals surface area contributed by atoms with E-state index in [1.54, 1.807) is 0 Å². The predicted octanol–water partition coefficient (Wildman–Crippen LogP) is 4.14. The van der Waals surface area contributed by atoms with Gasteiger partial charge >= 0.3 is 11.9 Å². The third kappa shape index (κ3) is 2.55. The third-order valence-electron chi connectivity index (χ3n) is 9.57. The zero-order chi connectivity index (χ0) is 20.6. The Balaban J connectivity index is 1.47. The van der Waals surface area contributed by atoms with Crippen LogP contribution in [0.15, 0.2) is 11.6 Å². The first-order valence-electron chi connectivity index (χ1n) is 11.3. The molecule has 1 heterocycles. The average molecular weight is 401 g/mol. The molecule has 29 heavy (non-hydrogen) atoms. The number of ketones is 1. The Kier molecular flexibility index (Phi) is 4.12. The van der Waals surface area contributed by atoms with E-state index >= 15 is 0 Å². The predicted molar refractivity (Wildman–Crippen MR) is 106 cm³/mol. The first-order chi connectivity index (χ1) is 13.7. The summed E-state index contributed by atoms with van der Waals surface area (Å²) in [6.45, 7) is 6.07. The summed E-state index contributed by atoms with van der Waals surface area (Å²) in [5, 5.41) is 0. The van der Waals surface area contributed by atoms with Gasteiger partial charge in [0.2, 0.25) is 0 Å². The van der Waals surface area contributed by atoms with Crippen molar-refractivity contribution in [1.82, 2.24) is 0 Å².